The Morgan fingerprint density at radius 3 is 2.21 bits per heavy atom. The van der Waals surface area contributed by atoms with E-state index in [-0.39, 0.29) is 18.4 Å². The summed E-state index contributed by atoms with van der Waals surface area (Å²) in [5, 5.41) is 19.3. The maximum atomic E-state index is 12.4. The van der Waals surface area contributed by atoms with Gasteiger partial charge in [0.2, 0.25) is 0 Å². The second-order valence-electron chi connectivity index (χ2n) is 7.22. The van der Waals surface area contributed by atoms with Crippen LogP contribution in [0.1, 0.15) is 26.3 Å². The number of aliphatic hydroxyl groups is 1. The van der Waals surface area contributed by atoms with E-state index in [9.17, 15) is 14.7 Å². The Kier molecular flexibility index (Phi) is 5.25. The molecule has 0 bridgehead atoms. The van der Waals surface area contributed by atoms with E-state index >= 15 is 0 Å². The molecule has 148 valence electrons. The van der Waals surface area contributed by atoms with Gasteiger partial charge in [0.15, 0.2) is 0 Å². The molecule has 0 radical (unpaired) electrons. The molecule has 2 aliphatic heterocycles. The molecule has 2 amide bonds. The molecule has 1 N–H and O–H groups in total. The molecule has 2 aliphatic rings. The van der Waals surface area contributed by atoms with Gasteiger partial charge in [0.1, 0.15) is 11.9 Å². The zero-order valence-corrected chi connectivity index (χ0v) is 15.9. The fourth-order valence-corrected chi connectivity index (χ4v) is 3.77. The molecule has 29 heavy (non-hydrogen) atoms. The second kappa shape index (κ2) is 7.99. The Morgan fingerprint density at radius 1 is 1.00 bits per heavy atom. The minimum Gasteiger partial charge on any atom is -0.390 e. The number of aromatic nitrogens is 1. The molecule has 1 atom stereocenters. The summed E-state index contributed by atoms with van der Waals surface area (Å²) in [6.45, 7) is 3.35. The van der Waals surface area contributed by atoms with Crippen molar-refractivity contribution in [1.82, 2.24) is 14.8 Å². The molecule has 0 spiro atoms. The second-order valence-corrected chi connectivity index (χ2v) is 7.22. The number of fused-ring (bicyclic) bond motifs is 1. The van der Waals surface area contributed by atoms with Crippen LogP contribution in [0.5, 0.6) is 0 Å². The minimum atomic E-state index is -0.809. The lowest BCUT2D eigenvalue weighted by atomic mass is 10.1. The number of pyridine rings is 1. The Labute approximate surface area is 168 Å². The van der Waals surface area contributed by atoms with E-state index in [4.69, 9.17) is 5.26 Å². The first-order chi connectivity index (χ1) is 14.1. The quantitative estimate of drug-likeness (QED) is 0.750. The number of hydrogen-bond acceptors (Lipinski definition) is 7. The van der Waals surface area contributed by atoms with Gasteiger partial charge in [-0.1, -0.05) is 12.1 Å². The molecule has 1 fully saturated rings. The highest BCUT2D eigenvalue weighted by Crippen LogP contribution is 2.22. The van der Waals surface area contributed by atoms with Gasteiger partial charge in [-0.15, -0.1) is 0 Å². The number of hydrogen-bond donors (Lipinski definition) is 1. The maximum absolute atomic E-state index is 12.4. The molecule has 0 aliphatic carbocycles. The van der Waals surface area contributed by atoms with Gasteiger partial charge in [0, 0.05) is 38.9 Å². The molecular formula is C21H21N5O3. The van der Waals surface area contributed by atoms with Crippen molar-refractivity contribution < 1.29 is 14.7 Å². The van der Waals surface area contributed by atoms with Crippen LogP contribution in [0, 0.1) is 11.3 Å². The SMILES string of the molecule is N#Cc1ccc(N2CCN(CC(O)CN3C(=O)c4ccccc4C3=O)CC2)nc1. The highest BCUT2D eigenvalue weighted by Gasteiger charge is 2.36. The van der Waals surface area contributed by atoms with Crippen LogP contribution in [0.3, 0.4) is 0 Å². The van der Waals surface area contributed by atoms with Crippen molar-refractivity contribution >= 4 is 17.6 Å². The molecule has 3 heterocycles. The van der Waals surface area contributed by atoms with E-state index in [0.717, 1.165) is 36.9 Å². The molecule has 0 saturated carbocycles. The third kappa shape index (κ3) is 3.83. The number of β-amino-alcohol motifs (C(OH)–C–C–N with tert-alkyl or cyclic N) is 1. The first kappa shape index (κ1) is 19.1. The van der Waals surface area contributed by atoms with Crippen molar-refractivity contribution in [3.63, 3.8) is 0 Å². The van der Waals surface area contributed by atoms with E-state index < -0.39 is 6.10 Å². The molecule has 1 aromatic carbocycles. The van der Waals surface area contributed by atoms with Gasteiger partial charge in [0.05, 0.1) is 29.3 Å². The standard InChI is InChI=1S/C21H21N5O3/c22-11-15-5-6-19(23-12-15)25-9-7-24(8-10-25)13-16(27)14-26-20(28)17-3-1-2-4-18(17)21(26)29/h1-6,12,16,27H,7-10,13-14H2. The number of amides is 2. The van der Waals surface area contributed by atoms with E-state index in [1.165, 1.54) is 0 Å². The van der Waals surface area contributed by atoms with Gasteiger partial charge >= 0.3 is 0 Å². The van der Waals surface area contributed by atoms with Crippen LogP contribution in [-0.4, -0.2) is 77.1 Å². The Hall–Kier alpha value is -3.28. The highest BCUT2D eigenvalue weighted by atomic mass is 16.3. The summed E-state index contributed by atoms with van der Waals surface area (Å²) >= 11 is 0. The summed E-state index contributed by atoms with van der Waals surface area (Å²) in [6.07, 6.45) is 0.755. The maximum Gasteiger partial charge on any atom is 0.261 e. The van der Waals surface area contributed by atoms with E-state index in [2.05, 4.69) is 20.9 Å². The molecule has 2 aromatic rings. The summed E-state index contributed by atoms with van der Waals surface area (Å²) in [5.41, 5.74) is 1.32. The number of piperazine rings is 1. The number of carbonyl (C=O) groups is 2. The number of imide groups is 1. The van der Waals surface area contributed by atoms with Crippen molar-refractivity contribution in [3.8, 4) is 6.07 Å². The Morgan fingerprint density at radius 2 is 1.66 bits per heavy atom. The topological polar surface area (TPSA) is 101 Å². The van der Waals surface area contributed by atoms with Crippen molar-refractivity contribution in [2.75, 3.05) is 44.2 Å². The smallest absolute Gasteiger partial charge is 0.261 e. The number of benzene rings is 1. The van der Waals surface area contributed by atoms with Crippen LogP contribution in [0.2, 0.25) is 0 Å². The van der Waals surface area contributed by atoms with Gasteiger partial charge in [-0.2, -0.15) is 5.26 Å². The van der Waals surface area contributed by atoms with Crippen LogP contribution < -0.4 is 4.90 Å². The number of aliphatic hydroxyl groups excluding tert-OH is 1. The molecule has 1 aromatic heterocycles. The average Bonchev–Trinajstić information content (AvgIpc) is 2.99. The molecule has 8 nitrogen and oxygen atoms in total. The van der Waals surface area contributed by atoms with Gasteiger partial charge < -0.3 is 10.0 Å². The van der Waals surface area contributed by atoms with Crippen LogP contribution in [-0.2, 0) is 0 Å². The van der Waals surface area contributed by atoms with Gasteiger partial charge in [-0.3, -0.25) is 19.4 Å². The lowest BCUT2D eigenvalue weighted by Crippen LogP contribution is -2.50. The predicted octanol–water partition coefficient (Wildman–Crippen LogP) is 0.732. The van der Waals surface area contributed by atoms with E-state index in [1.807, 2.05) is 6.07 Å². The summed E-state index contributed by atoms with van der Waals surface area (Å²) in [5.74, 6) is 0.137. The molecular weight excluding hydrogens is 370 g/mol. The largest absolute Gasteiger partial charge is 0.390 e. The molecule has 1 unspecified atom stereocenters. The lowest BCUT2D eigenvalue weighted by Gasteiger charge is -2.36. The first-order valence-corrected chi connectivity index (χ1v) is 9.53. The zero-order valence-electron chi connectivity index (χ0n) is 15.9. The Balaban J connectivity index is 1.29. The van der Waals surface area contributed by atoms with Crippen molar-refractivity contribution in [2.45, 2.75) is 6.10 Å². The normalized spacial score (nSPS) is 17.9. The number of nitriles is 1. The number of nitrogens with zero attached hydrogens (tertiary/aromatic N) is 5. The third-order valence-corrected chi connectivity index (χ3v) is 5.31. The molecule has 1 saturated heterocycles. The fraction of sp³-hybridized carbons (Fsp3) is 0.333. The van der Waals surface area contributed by atoms with E-state index in [1.54, 1.807) is 36.5 Å². The van der Waals surface area contributed by atoms with Crippen LogP contribution in [0.15, 0.2) is 42.6 Å². The van der Waals surface area contributed by atoms with Gasteiger partial charge in [-0.25, -0.2) is 4.98 Å². The number of rotatable bonds is 5. The first-order valence-electron chi connectivity index (χ1n) is 9.53. The monoisotopic (exact) mass is 391 g/mol. The fourth-order valence-electron chi connectivity index (χ4n) is 3.77. The molecule has 4 rings (SSSR count). The predicted molar refractivity (Wildman–Crippen MR) is 105 cm³/mol. The highest BCUT2D eigenvalue weighted by molar-refractivity contribution is 6.21. The Bertz CT molecular complexity index is 926. The van der Waals surface area contributed by atoms with Crippen molar-refractivity contribution in [3.05, 3.63) is 59.3 Å². The number of anilines is 1. The van der Waals surface area contributed by atoms with Crippen LogP contribution in [0.25, 0.3) is 0 Å². The number of carbonyl (C=O) groups excluding carboxylic acids is 2. The van der Waals surface area contributed by atoms with Crippen LogP contribution in [0.4, 0.5) is 5.82 Å². The summed E-state index contributed by atoms with van der Waals surface area (Å²) < 4.78 is 0. The minimum absolute atomic E-state index is 0.0102. The average molecular weight is 391 g/mol. The third-order valence-electron chi connectivity index (χ3n) is 5.31. The van der Waals surface area contributed by atoms with Gasteiger partial charge in [0.25, 0.3) is 11.8 Å². The summed E-state index contributed by atoms with van der Waals surface area (Å²) in [4.78, 5) is 34.6. The van der Waals surface area contributed by atoms with Crippen molar-refractivity contribution in [2.24, 2.45) is 0 Å². The summed E-state index contributed by atoms with van der Waals surface area (Å²) in [6, 6.07) is 12.4. The lowest BCUT2D eigenvalue weighted by molar-refractivity contribution is 0.0469. The van der Waals surface area contributed by atoms with Crippen molar-refractivity contribution in [1.29, 1.82) is 5.26 Å². The van der Waals surface area contributed by atoms with Crippen LogP contribution >= 0.6 is 0 Å². The van der Waals surface area contributed by atoms with Gasteiger partial charge in [-0.05, 0) is 24.3 Å². The summed E-state index contributed by atoms with van der Waals surface area (Å²) in [7, 11) is 0. The van der Waals surface area contributed by atoms with E-state index in [0.29, 0.717) is 23.2 Å². The molecule has 8 heteroatoms. The zero-order chi connectivity index (χ0) is 20.4.